The lowest BCUT2D eigenvalue weighted by Crippen LogP contribution is -2.33. The highest BCUT2D eigenvalue weighted by atomic mass is 16.5. The lowest BCUT2D eigenvalue weighted by Gasteiger charge is -2.26. The molecule has 22 heavy (non-hydrogen) atoms. The molecular weight excluding hydrogens is 278 g/mol. The predicted molar refractivity (Wildman–Crippen MR) is 82.0 cm³/mol. The van der Waals surface area contributed by atoms with Crippen LogP contribution in [0.25, 0.3) is 11.0 Å². The number of ether oxygens (including phenoxy) is 2. The Kier molecular flexibility index (Phi) is 2.47. The predicted octanol–water partition coefficient (Wildman–Crippen LogP) is 3.03. The summed E-state index contributed by atoms with van der Waals surface area (Å²) in [5.74, 6) is 0.707. The van der Waals surface area contributed by atoms with Crippen molar-refractivity contribution in [3.8, 4) is 5.88 Å². The maximum Gasteiger partial charge on any atom is 0.215 e. The molecular formula is C17H21N3O2. The van der Waals surface area contributed by atoms with Crippen LogP contribution in [0.3, 0.4) is 0 Å². The summed E-state index contributed by atoms with van der Waals surface area (Å²) >= 11 is 0. The van der Waals surface area contributed by atoms with Crippen LogP contribution in [-0.4, -0.2) is 33.1 Å². The second kappa shape index (κ2) is 4.22. The molecule has 0 aromatic carbocycles. The van der Waals surface area contributed by atoms with Gasteiger partial charge in [-0.15, -0.1) is 0 Å². The SMILES string of the molecule is CC12CCC(n3cc4ccc(OC5CCC5)nc4n3)(CO1)C2. The molecule has 2 unspecified atom stereocenters. The van der Waals surface area contributed by atoms with Gasteiger partial charge in [0.1, 0.15) is 6.10 Å². The highest BCUT2D eigenvalue weighted by Crippen LogP contribution is 2.51. The van der Waals surface area contributed by atoms with Crippen molar-refractivity contribution in [3.63, 3.8) is 0 Å². The van der Waals surface area contributed by atoms with Crippen molar-refractivity contribution >= 4 is 11.0 Å². The van der Waals surface area contributed by atoms with Crippen molar-refractivity contribution in [2.24, 2.45) is 0 Å². The molecule has 2 aromatic heterocycles. The van der Waals surface area contributed by atoms with Gasteiger partial charge in [-0.3, -0.25) is 4.68 Å². The first-order valence-corrected chi connectivity index (χ1v) is 8.32. The van der Waals surface area contributed by atoms with Crippen LogP contribution in [0, 0.1) is 0 Å². The van der Waals surface area contributed by atoms with Crippen molar-refractivity contribution in [2.45, 2.75) is 62.7 Å². The normalized spacial score (nSPS) is 34.2. The van der Waals surface area contributed by atoms with Crippen molar-refractivity contribution in [1.29, 1.82) is 0 Å². The van der Waals surface area contributed by atoms with Gasteiger partial charge >= 0.3 is 0 Å². The number of rotatable bonds is 3. The van der Waals surface area contributed by atoms with Gasteiger partial charge in [-0.05, 0) is 45.1 Å². The average Bonchev–Trinajstić information content (AvgIpc) is 3.12. The molecule has 5 nitrogen and oxygen atoms in total. The Morgan fingerprint density at radius 1 is 1.32 bits per heavy atom. The molecule has 2 atom stereocenters. The Hall–Kier alpha value is -1.62. The van der Waals surface area contributed by atoms with E-state index in [0.717, 1.165) is 49.7 Å². The van der Waals surface area contributed by atoms with E-state index in [9.17, 15) is 0 Å². The molecule has 116 valence electrons. The topological polar surface area (TPSA) is 49.2 Å². The fourth-order valence-corrected chi connectivity index (χ4v) is 4.04. The molecule has 2 aliphatic carbocycles. The van der Waals surface area contributed by atoms with Gasteiger partial charge < -0.3 is 9.47 Å². The first-order valence-electron chi connectivity index (χ1n) is 8.32. The van der Waals surface area contributed by atoms with Gasteiger partial charge in [0, 0.05) is 24.1 Å². The number of aromatic nitrogens is 3. The third-order valence-corrected chi connectivity index (χ3v) is 5.68. The molecule has 5 heteroatoms. The Morgan fingerprint density at radius 3 is 2.86 bits per heavy atom. The Bertz CT molecular complexity index is 727. The molecule has 0 N–H and O–H groups in total. The maximum atomic E-state index is 5.99. The van der Waals surface area contributed by atoms with E-state index in [1.807, 2.05) is 6.07 Å². The van der Waals surface area contributed by atoms with Crippen LogP contribution in [-0.2, 0) is 10.3 Å². The van der Waals surface area contributed by atoms with E-state index in [0.29, 0.717) is 12.0 Å². The van der Waals surface area contributed by atoms with Crippen LogP contribution in [0.2, 0.25) is 0 Å². The molecule has 2 aromatic rings. The van der Waals surface area contributed by atoms with Crippen LogP contribution < -0.4 is 4.74 Å². The summed E-state index contributed by atoms with van der Waals surface area (Å²) in [7, 11) is 0. The van der Waals surface area contributed by atoms with Gasteiger partial charge in [0.25, 0.3) is 0 Å². The summed E-state index contributed by atoms with van der Waals surface area (Å²) in [4.78, 5) is 4.59. The minimum Gasteiger partial charge on any atom is -0.474 e. The van der Waals surface area contributed by atoms with E-state index >= 15 is 0 Å². The number of nitrogens with zero attached hydrogens (tertiary/aromatic N) is 3. The lowest BCUT2D eigenvalue weighted by molar-refractivity contribution is -0.0149. The standard InChI is InChI=1S/C17H21N3O2/c1-16-7-8-17(10-16,11-21-16)20-9-12-5-6-14(18-15(12)19-20)22-13-3-2-4-13/h5-6,9,13H,2-4,7-8,10-11H2,1H3. The van der Waals surface area contributed by atoms with E-state index in [1.54, 1.807) is 0 Å². The molecule has 3 fully saturated rings. The summed E-state index contributed by atoms with van der Waals surface area (Å²) in [6.07, 6.45) is 9.35. The van der Waals surface area contributed by atoms with Crippen LogP contribution in [0.1, 0.15) is 45.4 Å². The zero-order valence-corrected chi connectivity index (χ0v) is 12.9. The van der Waals surface area contributed by atoms with Gasteiger partial charge in [0.2, 0.25) is 5.88 Å². The second-order valence-electron chi connectivity index (χ2n) is 7.45. The molecule has 3 heterocycles. The quantitative estimate of drug-likeness (QED) is 0.874. The number of hydrogen-bond donors (Lipinski definition) is 0. The summed E-state index contributed by atoms with van der Waals surface area (Å²) in [6, 6.07) is 4.04. The van der Waals surface area contributed by atoms with Crippen LogP contribution >= 0.6 is 0 Å². The molecule has 1 aliphatic heterocycles. The van der Waals surface area contributed by atoms with Crippen molar-refractivity contribution < 1.29 is 9.47 Å². The third kappa shape index (κ3) is 1.81. The number of hydrogen-bond acceptors (Lipinski definition) is 4. The van der Waals surface area contributed by atoms with Gasteiger partial charge in [0.15, 0.2) is 5.65 Å². The van der Waals surface area contributed by atoms with E-state index in [2.05, 4.69) is 28.9 Å². The first-order chi connectivity index (χ1) is 10.6. The monoisotopic (exact) mass is 299 g/mol. The highest BCUT2D eigenvalue weighted by molar-refractivity contribution is 5.74. The Morgan fingerprint density at radius 2 is 2.23 bits per heavy atom. The average molecular weight is 299 g/mol. The van der Waals surface area contributed by atoms with E-state index in [1.165, 1.54) is 6.42 Å². The minimum absolute atomic E-state index is 0.0322. The number of fused-ring (bicyclic) bond motifs is 3. The second-order valence-corrected chi connectivity index (χ2v) is 7.45. The van der Waals surface area contributed by atoms with Crippen molar-refractivity contribution in [1.82, 2.24) is 14.8 Å². The molecule has 2 bridgehead atoms. The third-order valence-electron chi connectivity index (χ3n) is 5.68. The summed E-state index contributed by atoms with van der Waals surface area (Å²) < 4.78 is 14.0. The highest BCUT2D eigenvalue weighted by Gasteiger charge is 2.54. The Labute approximate surface area is 129 Å². The first kappa shape index (κ1) is 12.9. The van der Waals surface area contributed by atoms with Gasteiger partial charge in [-0.25, -0.2) is 0 Å². The van der Waals surface area contributed by atoms with Crippen LogP contribution in [0.15, 0.2) is 18.3 Å². The maximum absolute atomic E-state index is 5.99. The van der Waals surface area contributed by atoms with Gasteiger partial charge in [-0.2, -0.15) is 10.1 Å². The summed E-state index contributed by atoms with van der Waals surface area (Å²) in [5, 5.41) is 5.83. The molecule has 3 aliphatic rings. The largest absolute Gasteiger partial charge is 0.474 e. The molecule has 0 spiro atoms. The van der Waals surface area contributed by atoms with Crippen molar-refractivity contribution in [2.75, 3.05) is 6.61 Å². The smallest absolute Gasteiger partial charge is 0.215 e. The fourth-order valence-electron chi connectivity index (χ4n) is 4.04. The number of pyridine rings is 1. The summed E-state index contributed by atoms with van der Waals surface area (Å²) in [5.41, 5.74) is 0.862. The van der Waals surface area contributed by atoms with Gasteiger partial charge in [-0.1, -0.05) is 0 Å². The van der Waals surface area contributed by atoms with Crippen molar-refractivity contribution in [3.05, 3.63) is 18.3 Å². The molecule has 2 saturated carbocycles. The van der Waals surface area contributed by atoms with Gasteiger partial charge in [0.05, 0.1) is 17.7 Å². The zero-order chi connectivity index (χ0) is 14.8. The van der Waals surface area contributed by atoms with Crippen LogP contribution in [0.4, 0.5) is 0 Å². The molecule has 0 amide bonds. The molecule has 1 saturated heterocycles. The molecule has 0 radical (unpaired) electrons. The van der Waals surface area contributed by atoms with E-state index in [4.69, 9.17) is 14.6 Å². The molecule has 5 rings (SSSR count). The van der Waals surface area contributed by atoms with E-state index < -0.39 is 0 Å². The van der Waals surface area contributed by atoms with E-state index in [-0.39, 0.29) is 11.1 Å². The zero-order valence-electron chi connectivity index (χ0n) is 12.9. The lowest BCUT2D eigenvalue weighted by atomic mass is 9.96. The summed E-state index contributed by atoms with van der Waals surface area (Å²) in [6.45, 7) is 2.98. The van der Waals surface area contributed by atoms with Crippen LogP contribution in [0.5, 0.6) is 5.88 Å². The minimum atomic E-state index is 0.0322. The Balaban J connectivity index is 1.48. The fraction of sp³-hybridized carbons (Fsp3) is 0.647.